The molecule has 1 aromatic heterocycles. The third kappa shape index (κ3) is 6.93. The highest BCUT2D eigenvalue weighted by atomic mass is 35.5. The number of carbonyl (C=O) groups excluding carboxylic acids is 1. The van der Waals surface area contributed by atoms with Crippen LogP contribution in [0.5, 0.6) is 0 Å². The van der Waals surface area contributed by atoms with Crippen LogP contribution in [0.4, 0.5) is 10.2 Å². The molecule has 0 aliphatic carbocycles. The number of halogens is 2. The average molecular weight is 547 g/mol. The molecule has 1 amide bonds. The van der Waals surface area contributed by atoms with Gasteiger partial charge in [-0.1, -0.05) is 35.9 Å². The standard InChI is InChI=1S/C30H32ClFN6O/c31-28-17-25(30(39)35-19-24-2-1-3-26(32)16-24)20-34-29(28)38-14-12-37(13-15-38)27-8-10-36(11-9-27)21-23-6-4-22(18-33)5-7-23/h1-7,16-17,20,27H,8-15,19,21H2,(H,35,39). The zero-order valence-electron chi connectivity index (χ0n) is 21.8. The van der Waals surface area contributed by atoms with E-state index < -0.39 is 0 Å². The Bertz CT molecular complexity index is 1330. The van der Waals surface area contributed by atoms with Crippen molar-refractivity contribution in [2.24, 2.45) is 0 Å². The molecule has 9 heteroatoms. The van der Waals surface area contributed by atoms with E-state index in [1.54, 1.807) is 24.4 Å². The van der Waals surface area contributed by atoms with Gasteiger partial charge in [-0.2, -0.15) is 5.26 Å². The number of amides is 1. The number of carbonyl (C=O) groups is 1. The molecule has 1 N–H and O–H groups in total. The third-order valence-electron chi connectivity index (χ3n) is 7.60. The Morgan fingerprint density at radius 3 is 2.44 bits per heavy atom. The number of likely N-dealkylation sites (tertiary alicyclic amines) is 1. The Hall–Kier alpha value is -3.51. The molecule has 2 fully saturated rings. The van der Waals surface area contributed by atoms with Gasteiger partial charge in [0, 0.05) is 51.5 Å². The molecule has 0 bridgehead atoms. The van der Waals surface area contributed by atoms with E-state index >= 15 is 0 Å². The lowest BCUT2D eigenvalue weighted by atomic mass is 10.0. The maximum absolute atomic E-state index is 13.4. The number of aromatic nitrogens is 1. The fourth-order valence-electron chi connectivity index (χ4n) is 5.40. The maximum atomic E-state index is 13.4. The summed E-state index contributed by atoms with van der Waals surface area (Å²) in [5.41, 5.74) is 3.02. The van der Waals surface area contributed by atoms with E-state index in [0.29, 0.717) is 33.6 Å². The van der Waals surface area contributed by atoms with Gasteiger partial charge in [0.15, 0.2) is 0 Å². The van der Waals surface area contributed by atoms with Gasteiger partial charge >= 0.3 is 0 Å². The van der Waals surface area contributed by atoms with Crippen LogP contribution in [0.2, 0.25) is 5.02 Å². The smallest absolute Gasteiger partial charge is 0.253 e. The largest absolute Gasteiger partial charge is 0.353 e. The lowest BCUT2D eigenvalue weighted by Crippen LogP contribution is -2.53. The zero-order valence-corrected chi connectivity index (χ0v) is 22.6. The van der Waals surface area contributed by atoms with Crippen LogP contribution in [0.25, 0.3) is 0 Å². The molecule has 5 rings (SSSR count). The molecule has 2 saturated heterocycles. The number of pyridine rings is 1. The summed E-state index contributed by atoms with van der Waals surface area (Å²) < 4.78 is 13.4. The van der Waals surface area contributed by atoms with Crippen LogP contribution in [0, 0.1) is 17.1 Å². The number of piperidine rings is 1. The molecule has 0 unspecified atom stereocenters. The fourth-order valence-corrected chi connectivity index (χ4v) is 5.69. The maximum Gasteiger partial charge on any atom is 0.253 e. The number of hydrogen-bond acceptors (Lipinski definition) is 6. The predicted octanol–water partition coefficient (Wildman–Crippen LogP) is 4.46. The van der Waals surface area contributed by atoms with Gasteiger partial charge in [-0.15, -0.1) is 0 Å². The summed E-state index contributed by atoms with van der Waals surface area (Å²) in [6.45, 7) is 6.87. The zero-order chi connectivity index (χ0) is 27.2. The van der Waals surface area contributed by atoms with Gasteiger partial charge in [-0.3, -0.25) is 14.6 Å². The van der Waals surface area contributed by atoms with Crippen LogP contribution in [0.3, 0.4) is 0 Å². The van der Waals surface area contributed by atoms with E-state index in [9.17, 15) is 9.18 Å². The average Bonchev–Trinajstić information content (AvgIpc) is 2.97. The summed E-state index contributed by atoms with van der Waals surface area (Å²) in [6.07, 6.45) is 3.85. The molecule has 2 aliphatic heterocycles. The van der Waals surface area contributed by atoms with Crippen molar-refractivity contribution in [2.75, 3.05) is 44.2 Å². The minimum atomic E-state index is -0.332. The number of nitrogens with zero attached hydrogens (tertiary/aromatic N) is 5. The van der Waals surface area contributed by atoms with Crippen molar-refractivity contribution in [3.05, 3.63) is 93.9 Å². The number of hydrogen-bond donors (Lipinski definition) is 1. The third-order valence-corrected chi connectivity index (χ3v) is 7.88. The van der Waals surface area contributed by atoms with Crippen molar-refractivity contribution in [2.45, 2.75) is 32.0 Å². The Morgan fingerprint density at radius 2 is 1.77 bits per heavy atom. The summed E-state index contributed by atoms with van der Waals surface area (Å²) in [6, 6.07) is 18.4. The summed E-state index contributed by atoms with van der Waals surface area (Å²) in [4.78, 5) is 24.4. The molecule has 3 heterocycles. The first-order valence-corrected chi connectivity index (χ1v) is 13.7. The molecule has 3 aromatic rings. The van der Waals surface area contributed by atoms with E-state index in [1.807, 2.05) is 12.1 Å². The van der Waals surface area contributed by atoms with Crippen LogP contribution >= 0.6 is 11.6 Å². The number of nitriles is 1. The van der Waals surface area contributed by atoms with Gasteiger partial charge in [0.2, 0.25) is 0 Å². The highest BCUT2D eigenvalue weighted by Gasteiger charge is 2.28. The van der Waals surface area contributed by atoms with Crippen LogP contribution in [0.1, 0.15) is 39.9 Å². The van der Waals surface area contributed by atoms with E-state index in [0.717, 1.165) is 58.7 Å². The molecule has 0 saturated carbocycles. The Morgan fingerprint density at radius 1 is 1.03 bits per heavy atom. The van der Waals surface area contributed by atoms with E-state index in [4.69, 9.17) is 16.9 Å². The first-order chi connectivity index (χ1) is 19.0. The normalized spacial score (nSPS) is 17.1. The highest BCUT2D eigenvalue weighted by Crippen LogP contribution is 2.27. The molecule has 0 atom stereocenters. The molecular weight excluding hydrogens is 515 g/mol. The highest BCUT2D eigenvalue weighted by molar-refractivity contribution is 6.33. The topological polar surface area (TPSA) is 75.5 Å². The number of benzene rings is 2. The minimum absolute atomic E-state index is 0.228. The van der Waals surface area contributed by atoms with Gasteiger partial charge in [0.1, 0.15) is 11.6 Å². The predicted molar refractivity (Wildman–Crippen MR) is 150 cm³/mol. The molecule has 202 valence electrons. The molecule has 39 heavy (non-hydrogen) atoms. The summed E-state index contributed by atoms with van der Waals surface area (Å²) in [5, 5.41) is 12.2. The molecule has 0 radical (unpaired) electrons. The first-order valence-electron chi connectivity index (χ1n) is 13.4. The van der Waals surface area contributed by atoms with Crippen molar-refractivity contribution in [1.29, 1.82) is 5.26 Å². The second-order valence-electron chi connectivity index (χ2n) is 10.2. The number of piperazine rings is 1. The molecule has 7 nitrogen and oxygen atoms in total. The second kappa shape index (κ2) is 12.6. The lowest BCUT2D eigenvalue weighted by Gasteiger charge is -2.43. The minimum Gasteiger partial charge on any atom is -0.353 e. The molecule has 2 aliphatic rings. The number of nitrogens with one attached hydrogen (secondary N) is 1. The Balaban J connectivity index is 1.08. The van der Waals surface area contributed by atoms with Gasteiger partial charge in [0.25, 0.3) is 5.91 Å². The van der Waals surface area contributed by atoms with Crippen molar-refractivity contribution < 1.29 is 9.18 Å². The van der Waals surface area contributed by atoms with Crippen molar-refractivity contribution in [3.8, 4) is 6.07 Å². The van der Waals surface area contributed by atoms with Crippen LogP contribution in [-0.4, -0.2) is 66.0 Å². The van der Waals surface area contributed by atoms with Gasteiger partial charge in [0.05, 0.1) is 22.2 Å². The quantitative estimate of drug-likeness (QED) is 0.471. The summed E-state index contributed by atoms with van der Waals surface area (Å²) in [5.74, 6) is 0.0758. The SMILES string of the molecule is N#Cc1ccc(CN2CCC(N3CCN(c4ncc(C(=O)NCc5cccc(F)c5)cc4Cl)CC3)CC2)cc1. The summed E-state index contributed by atoms with van der Waals surface area (Å²) >= 11 is 6.56. The van der Waals surface area contributed by atoms with Crippen molar-refractivity contribution in [3.63, 3.8) is 0 Å². The fraction of sp³-hybridized carbons (Fsp3) is 0.367. The van der Waals surface area contributed by atoms with Crippen LogP contribution in [0.15, 0.2) is 60.8 Å². The Kier molecular flexibility index (Phi) is 8.72. The molecule has 2 aromatic carbocycles. The van der Waals surface area contributed by atoms with Gasteiger partial charge in [-0.05, 0) is 67.4 Å². The van der Waals surface area contributed by atoms with Gasteiger partial charge < -0.3 is 10.2 Å². The second-order valence-corrected chi connectivity index (χ2v) is 10.6. The monoisotopic (exact) mass is 546 g/mol. The van der Waals surface area contributed by atoms with E-state index in [1.165, 1.54) is 17.7 Å². The van der Waals surface area contributed by atoms with Crippen LogP contribution < -0.4 is 10.2 Å². The first kappa shape index (κ1) is 27.1. The lowest BCUT2D eigenvalue weighted by molar-refractivity contribution is 0.0950. The number of rotatable bonds is 7. The number of anilines is 1. The van der Waals surface area contributed by atoms with E-state index in [2.05, 4.69) is 43.2 Å². The molecule has 0 spiro atoms. The Labute approximate surface area is 233 Å². The van der Waals surface area contributed by atoms with E-state index in [-0.39, 0.29) is 18.3 Å². The van der Waals surface area contributed by atoms with Crippen molar-refractivity contribution in [1.82, 2.24) is 20.1 Å². The molecular formula is C30H32ClFN6O. The van der Waals surface area contributed by atoms with Gasteiger partial charge in [-0.25, -0.2) is 9.37 Å². The summed E-state index contributed by atoms with van der Waals surface area (Å²) in [7, 11) is 0. The van der Waals surface area contributed by atoms with Crippen LogP contribution in [-0.2, 0) is 13.1 Å². The van der Waals surface area contributed by atoms with Crippen molar-refractivity contribution >= 4 is 23.3 Å².